The normalized spacial score (nSPS) is 31.7. The van der Waals surface area contributed by atoms with Crippen LogP contribution in [0.15, 0.2) is 0 Å². The lowest BCUT2D eigenvalue weighted by atomic mass is 9.90. The Morgan fingerprint density at radius 3 is 2.57 bits per heavy atom. The molecule has 0 bridgehead atoms. The first kappa shape index (κ1) is 17.1. The summed E-state index contributed by atoms with van der Waals surface area (Å²) < 4.78 is 5.87. The van der Waals surface area contributed by atoms with Crippen molar-refractivity contribution in [3.63, 3.8) is 0 Å². The van der Waals surface area contributed by atoms with Crippen LogP contribution in [0.1, 0.15) is 32.6 Å². The van der Waals surface area contributed by atoms with Crippen molar-refractivity contribution in [1.82, 2.24) is 14.7 Å². The predicted octanol–water partition coefficient (Wildman–Crippen LogP) is 0.155. The van der Waals surface area contributed by atoms with Gasteiger partial charge in [0.15, 0.2) is 0 Å². The molecule has 1 aliphatic carbocycles. The van der Waals surface area contributed by atoms with E-state index in [1.54, 1.807) is 0 Å². The van der Waals surface area contributed by atoms with Gasteiger partial charge in [-0.3, -0.25) is 14.6 Å². The maximum atomic E-state index is 12.8. The van der Waals surface area contributed by atoms with Gasteiger partial charge >= 0.3 is 0 Å². The van der Waals surface area contributed by atoms with Crippen molar-refractivity contribution in [2.45, 2.75) is 50.9 Å². The zero-order valence-corrected chi connectivity index (χ0v) is 14.3. The van der Waals surface area contributed by atoms with Gasteiger partial charge in [-0.15, -0.1) is 0 Å². The van der Waals surface area contributed by atoms with Crippen molar-refractivity contribution in [2.24, 2.45) is 0 Å². The molecule has 6 heteroatoms. The van der Waals surface area contributed by atoms with Crippen LogP contribution in [0.25, 0.3) is 0 Å². The summed E-state index contributed by atoms with van der Waals surface area (Å²) in [6.07, 6.45) is 4.63. The van der Waals surface area contributed by atoms with Crippen molar-refractivity contribution in [2.75, 3.05) is 52.4 Å². The molecule has 3 rings (SSSR count). The van der Waals surface area contributed by atoms with E-state index in [1.165, 1.54) is 12.8 Å². The summed E-state index contributed by atoms with van der Waals surface area (Å²) in [5.41, 5.74) is 0. The average Bonchev–Trinajstić information content (AvgIpc) is 2.55. The van der Waals surface area contributed by atoms with Crippen LogP contribution < -0.4 is 0 Å². The topological polar surface area (TPSA) is 56.2 Å². The number of amides is 1. The Labute approximate surface area is 139 Å². The van der Waals surface area contributed by atoms with Gasteiger partial charge in [0.25, 0.3) is 0 Å². The lowest BCUT2D eigenvalue weighted by molar-refractivity contribution is -0.151. The van der Waals surface area contributed by atoms with Crippen LogP contribution in [0, 0.1) is 0 Å². The molecule has 2 aliphatic heterocycles. The molecule has 3 aliphatic rings. The van der Waals surface area contributed by atoms with Crippen LogP contribution in [0.5, 0.6) is 0 Å². The highest BCUT2D eigenvalue weighted by Crippen LogP contribution is 2.28. The van der Waals surface area contributed by atoms with Crippen molar-refractivity contribution in [3.8, 4) is 0 Å². The molecule has 0 radical (unpaired) electrons. The molecule has 132 valence electrons. The molecule has 1 N–H and O–H groups in total. The number of aliphatic hydroxyl groups excluding tert-OH is 1. The number of fused-ring (bicyclic) bond motifs is 1. The van der Waals surface area contributed by atoms with Crippen LogP contribution in [-0.2, 0) is 9.53 Å². The second-order valence-corrected chi connectivity index (χ2v) is 7.27. The molecule has 1 saturated carbocycles. The number of ether oxygens (including phenoxy) is 1. The number of hydrogen-bond acceptors (Lipinski definition) is 5. The third-order valence-electron chi connectivity index (χ3n) is 5.40. The summed E-state index contributed by atoms with van der Waals surface area (Å²) in [5, 5.41) is 9.47. The van der Waals surface area contributed by atoms with E-state index in [0.717, 1.165) is 52.1 Å². The van der Waals surface area contributed by atoms with E-state index in [0.29, 0.717) is 19.2 Å². The highest BCUT2D eigenvalue weighted by molar-refractivity contribution is 5.78. The van der Waals surface area contributed by atoms with E-state index in [1.807, 2.05) is 6.92 Å². The van der Waals surface area contributed by atoms with Crippen molar-refractivity contribution in [3.05, 3.63) is 0 Å². The van der Waals surface area contributed by atoms with Gasteiger partial charge in [0.1, 0.15) is 0 Å². The molecule has 0 aromatic heterocycles. The van der Waals surface area contributed by atoms with Crippen LogP contribution in [-0.4, -0.2) is 96.4 Å². The summed E-state index contributed by atoms with van der Waals surface area (Å²) in [5.74, 6) is 0.272. The number of hydrogen-bond donors (Lipinski definition) is 1. The van der Waals surface area contributed by atoms with Crippen LogP contribution >= 0.6 is 0 Å². The molecular weight excluding hydrogens is 294 g/mol. The Bertz CT molecular complexity index is 395. The number of β-amino-alcohol motifs (C(OH)–C–C–N with tert-alkyl or cyclic N) is 1. The van der Waals surface area contributed by atoms with E-state index in [9.17, 15) is 9.90 Å². The molecule has 2 saturated heterocycles. The molecule has 2 heterocycles. The summed E-state index contributed by atoms with van der Waals surface area (Å²) in [4.78, 5) is 19.4. The molecule has 0 spiro atoms. The zero-order valence-electron chi connectivity index (χ0n) is 14.3. The minimum Gasteiger partial charge on any atom is -0.392 e. The Hall–Kier alpha value is -0.690. The molecule has 3 fully saturated rings. The molecule has 3 atom stereocenters. The largest absolute Gasteiger partial charge is 0.392 e. The smallest absolute Gasteiger partial charge is 0.237 e. The van der Waals surface area contributed by atoms with Gasteiger partial charge in [-0.1, -0.05) is 12.8 Å². The Kier molecular flexibility index (Phi) is 5.91. The molecule has 23 heavy (non-hydrogen) atoms. The first-order valence-corrected chi connectivity index (χ1v) is 9.17. The number of nitrogens with zero attached hydrogens (tertiary/aromatic N) is 3. The van der Waals surface area contributed by atoms with Crippen LogP contribution in [0.2, 0.25) is 0 Å². The number of morpholine rings is 1. The van der Waals surface area contributed by atoms with Crippen LogP contribution in [0.4, 0.5) is 0 Å². The van der Waals surface area contributed by atoms with Gasteiger partial charge in [-0.2, -0.15) is 0 Å². The molecule has 0 aromatic rings. The predicted molar refractivity (Wildman–Crippen MR) is 88.3 cm³/mol. The molecular formula is C17H31N3O3. The lowest BCUT2D eigenvalue weighted by Crippen LogP contribution is -2.58. The number of rotatable bonds is 4. The van der Waals surface area contributed by atoms with Gasteiger partial charge < -0.3 is 14.7 Å². The van der Waals surface area contributed by atoms with Crippen molar-refractivity contribution in [1.29, 1.82) is 0 Å². The highest BCUT2D eigenvalue weighted by Gasteiger charge is 2.37. The van der Waals surface area contributed by atoms with E-state index < -0.39 is 0 Å². The van der Waals surface area contributed by atoms with Gasteiger partial charge in [0, 0.05) is 39.3 Å². The molecule has 3 unspecified atom stereocenters. The fraction of sp³-hybridized carbons (Fsp3) is 0.941. The Balaban J connectivity index is 1.47. The third kappa shape index (κ3) is 4.44. The number of piperazine rings is 1. The summed E-state index contributed by atoms with van der Waals surface area (Å²) in [6.45, 7) is 8.24. The fourth-order valence-corrected chi connectivity index (χ4v) is 4.19. The SMILES string of the molecule is CC(O)CN1CCN(CC(=O)N2CCOC3CCCCC32)CC1. The van der Waals surface area contributed by atoms with Gasteiger partial charge in [-0.05, 0) is 19.8 Å². The second-order valence-electron chi connectivity index (χ2n) is 7.27. The third-order valence-corrected chi connectivity index (χ3v) is 5.40. The minimum absolute atomic E-state index is 0.268. The summed E-state index contributed by atoms with van der Waals surface area (Å²) in [6, 6.07) is 0.307. The Morgan fingerprint density at radius 1 is 1.13 bits per heavy atom. The summed E-state index contributed by atoms with van der Waals surface area (Å²) >= 11 is 0. The van der Waals surface area contributed by atoms with E-state index >= 15 is 0 Å². The molecule has 0 aromatic carbocycles. The molecule has 6 nitrogen and oxygen atoms in total. The van der Waals surface area contributed by atoms with E-state index in [2.05, 4.69) is 14.7 Å². The highest BCUT2D eigenvalue weighted by atomic mass is 16.5. The van der Waals surface area contributed by atoms with Gasteiger partial charge in [-0.25, -0.2) is 0 Å². The van der Waals surface area contributed by atoms with Gasteiger partial charge in [0.05, 0.1) is 31.4 Å². The first-order valence-electron chi connectivity index (χ1n) is 9.17. The van der Waals surface area contributed by atoms with Crippen molar-refractivity contribution < 1.29 is 14.6 Å². The Morgan fingerprint density at radius 2 is 1.83 bits per heavy atom. The zero-order chi connectivity index (χ0) is 16.2. The average molecular weight is 325 g/mol. The minimum atomic E-state index is -0.278. The fourth-order valence-electron chi connectivity index (χ4n) is 4.19. The number of aliphatic hydroxyl groups is 1. The molecule has 1 amide bonds. The lowest BCUT2D eigenvalue weighted by Gasteiger charge is -2.44. The quantitative estimate of drug-likeness (QED) is 0.798. The second kappa shape index (κ2) is 7.92. The standard InChI is InChI=1S/C17H31N3O3/c1-14(21)12-18-6-8-19(9-7-18)13-17(22)20-10-11-23-16-5-3-2-4-15(16)20/h14-16,21H,2-13H2,1H3. The number of carbonyl (C=O) groups excluding carboxylic acids is 1. The maximum Gasteiger partial charge on any atom is 0.237 e. The van der Waals surface area contributed by atoms with Gasteiger partial charge in [0.2, 0.25) is 5.91 Å². The van der Waals surface area contributed by atoms with E-state index in [4.69, 9.17) is 4.74 Å². The first-order chi connectivity index (χ1) is 11.1. The van der Waals surface area contributed by atoms with E-state index in [-0.39, 0.29) is 18.1 Å². The summed E-state index contributed by atoms with van der Waals surface area (Å²) in [7, 11) is 0. The maximum absolute atomic E-state index is 12.8. The van der Waals surface area contributed by atoms with Crippen molar-refractivity contribution >= 4 is 5.91 Å². The van der Waals surface area contributed by atoms with Crippen LogP contribution in [0.3, 0.4) is 0 Å². The number of carbonyl (C=O) groups is 1. The monoisotopic (exact) mass is 325 g/mol.